The van der Waals surface area contributed by atoms with Crippen molar-refractivity contribution in [3.05, 3.63) is 48.3 Å². The highest BCUT2D eigenvalue weighted by molar-refractivity contribution is 7.89. The lowest BCUT2D eigenvalue weighted by Crippen LogP contribution is -2.12. The Bertz CT molecular complexity index is 630. The monoisotopic (exact) mass is 265 g/mol. The van der Waals surface area contributed by atoms with Crippen molar-refractivity contribution in [1.29, 1.82) is 0 Å². The molecule has 5 nitrogen and oxygen atoms in total. The average molecular weight is 265 g/mol. The molecule has 1 heterocycles. The SMILES string of the molecule is Cn1cccc1CNc1ccc(S(N)(=O)=O)cc1. The molecule has 0 aliphatic carbocycles. The van der Waals surface area contributed by atoms with E-state index in [9.17, 15) is 8.42 Å². The summed E-state index contributed by atoms with van der Waals surface area (Å²) in [5, 5.41) is 8.24. The van der Waals surface area contributed by atoms with E-state index in [-0.39, 0.29) is 4.90 Å². The van der Waals surface area contributed by atoms with Gasteiger partial charge in [-0.25, -0.2) is 13.6 Å². The summed E-state index contributed by atoms with van der Waals surface area (Å²) in [6.45, 7) is 0.679. The third-order valence-electron chi connectivity index (χ3n) is 2.71. The van der Waals surface area contributed by atoms with Gasteiger partial charge in [-0.3, -0.25) is 0 Å². The molecule has 0 saturated heterocycles. The van der Waals surface area contributed by atoms with Gasteiger partial charge >= 0.3 is 0 Å². The zero-order valence-electron chi connectivity index (χ0n) is 10.00. The van der Waals surface area contributed by atoms with Gasteiger partial charge in [0.2, 0.25) is 10.0 Å². The topological polar surface area (TPSA) is 77.1 Å². The molecule has 96 valence electrons. The van der Waals surface area contributed by atoms with Crippen molar-refractivity contribution in [3.63, 3.8) is 0 Å². The van der Waals surface area contributed by atoms with Crippen LogP contribution in [0, 0.1) is 0 Å². The summed E-state index contributed by atoms with van der Waals surface area (Å²) >= 11 is 0. The van der Waals surface area contributed by atoms with Gasteiger partial charge in [-0.1, -0.05) is 0 Å². The van der Waals surface area contributed by atoms with Gasteiger partial charge in [0, 0.05) is 24.6 Å². The van der Waals surface area contributed by atoms with Gasteiger partial charge in [0.25, 0.3) is 0 Å². The Morgan fingerprint density at radius 3 is 2.39 bits per heavy atom. The Morgan fingerprint density at radius 2 is 1.89 bits per heavy atom. The maximum atomic E-state index is 11.1. The first kappa shape index (κ1) is 12.7. The molecule has 2 aromatic rings. The van der Waals surface area contributed by atoms with Gasteiger partial charge < -0.3 is 9.88 Å². The average Bonchev–Trinajstić information content (AvgIpc) is 2.72. The number of aryl methyl sites for hydroxylation is 1. The highest BCUT2D eigenvalue weighted by Gasteiger charge is 2.06. The first-order chi connectivity index (χ1) is 8.47. The van der Waals surface area contributed by atoms with E-state index in [1.165, 1.54) is 12.1 Å². The molecular formula is C12H15N3O2S. The first-order valence-electron chi connectivity index (χ1n) is 5.44. The lowest BCUT2D eigenvalue weighted by molar-refractivity contribution is 0.598. The molecule has 2 rings (SSSR count). The summed E-state index contributed by atoms with van der Waals surface area (Å²) in [6.07, 6.45) is 1.97. The minimum absolute atomic E-state index is 0.118. The predicted octanol–water partition coefficient (Wildman–Crippen LogP) is 1.28. The number of sulfonamides is 1. The van der Waals surface area contributed by atoms with Gasteiger partial charge in [-0.05, 0) is 36.4 Å². The Labute approximate surface area is 106 Å². The van der Waals surface area contributed by atoms with E-state index in [1.54, 1.807) is 12.1 Å². The van der Waals surface area contributed by atoms with E-state index < -0.39 is 10.0 Å². The van der Waals surface area contributed by atoms with Gasteiger partial charge in [-0.2, -0.15) is 0 Å². The van der Waals surface area contributed by atoms with Crippen LogP contribution in [0.15, 0.2) is 47.5 Å². The van der Waals surface area contributed by atoms with Crippen molar-refractivity contribution in [3.8, 4) is 0 Å². The quantitative estimate of drug-likeness (QED) is 0.874. The molecule has 0 bridgehead atoms. The molecule has 0 amide bonds. The maximum absolute atomic E-state index is 11.1. The Hall–Kier alpha value is -1.79. The normalized spacial score (nSPS) is 11.4. The molecule has 3 N–H and O–H groups in total. The number of hydrogen-bond acceptors (Lipinski definition) is 3. The number of aromatic nitrogens is 1. The van der Waals surface area contributed by atoms with Crippen LogP contribution in [0.4, 0.5) is 5.69 Å². The third-order valence-corrected chi connectivity index (χ3v) is 3.64. The molecule has 0 spiro atoms. The highest BCUT2D eigenvalue weighted by atomic mass is 32.2. The number of primary sulfonamides is 1. The summed E-state index contributed by atoms with van der Waals surface area (Å²) < 4.78 is 24.2. The van der Waals surface area contributed by atoms with Gasteiger partial charge in [0.15, 0.2) is 0 Å². The molecule has 1 aromatic heterocycles. The van der Waals surface area contributed by atoms with Crippen molar-refractivity contribution >= 4 is 15.7 Å². The standard InChI is InChI=1S/C12H15N3O2S/c1-15-8-2-3-11(15)9-14-10-4-6-12(7-5-10)18(13,16)17/h2-8,14H,9H2,1H3,(H2,13,16,17). The van der Waals surface area contributed by atoms with E-state index in [4.69, 9.17) is 5.14 Å². The fourth-order valence-corrected chi connectivity index (χ4v) is 2.15. The van der Waals surface area contributed by atoms with Crippen LogP contribution < -0.4 is 10.5 Å². The van der Waals surface area contributed by atoms with Crippen LogP contribution in [0.5, 0.6) is 0 Å². The largest absolute Gasteiger partial charge is 0.379 e. The summed E-state index contributed by atoms with van der Waals surface area (Å²) in [6, 6.07) is 10.4. The molecule has 18 heavy (non-hydrogen) atoms. The number of anilines is 1. The number of nitrogens with one attached hydrogen (secondary N) is 1. The van der Waals surface area contributed by atoms with E-state index in [2.05, 4.69) is 5.32 Å². The first-order valence-corrected chi connectivity index (χ1v) is 6.98. The lowest BCUT2D eigenvalue weighted by Gasteiger charge is -2.08. The van der Waals surface area contributed by atoms with Gasteiger partial charge in [-0.15, -0.1) is 0 Å². The van der Waals surface area contributed by atoms with Crippen LogP contribution in [0.1, 0.15) is 5.69 Å². The molecule has 0 aliphatic rings. The molecule has 0 unspecified atom stereocenters. The van der Waals surface area contributed by atoms with Crippen LogP contribution >= 0.6 is 0 Å². The molecule has 0 radical (unpaired) electrons. The minimum Gasteiger partial charge on any atom is -0.379 e. The van der Waals surface area contributed by atoms with E-state index in [0.717, 1.165) is 11.4 Å². The van der Waals surface area contributed by atoms with Crippen LogP contribution in [-0.2, 0) is 23.6 Å². The minimum atomic E-state index is -3.62. The summed E-state index contributed by atoms with van der Waals surface area (Å²) in [7, 11) is -1.64. The fourth-order valence-electron chi connectivity index (χ4n) is 1.64. The van der Waals surface area contributed by atoms with E-state index >= 15 is 0 Å². The highest BCUT2D eigenvalue weighted by Crippen LogP contribution is 2.13. The Morgan fingerprint density at radius 1 is 1.22 bits per heavy atom. The zero-order chi connectivity index (χ0) is 13.2. The number of benzene rings is 1. The number of hydrogen-bond donors (Lipinski definition) is 2. The fraction of sp³-hybridized carbons (Fsp3) is 0.167. The number of nitrogens with zero attached hydrogens (tertiary/aromatic N) is 1. The van der Waals surface area contributed by atoms with E-state index in [1.807, 2.05) is 29.9 Å². The third kappa shape index (κ3) is 2.91. The molecule has 1 aromatic carbocycles. The van der Waals surface area contributed by atoms with Crippen molar-refractivity contribution < 1.29 is 8.42 Å². The van der Waals surface area contributed by atoms with Crippen LogP contribution in [0.25, 0.3) is 0 Å². The molecule has 0 aliphatic heterocycles. The molecule has 0 saturated carbocycles. The van der Waals surface area contributed by atoms with Crippen molar-refractivity contribution in [1.82, 2.24) is 4.57 Å². The summed E-state index contributed by atoms with van der Waals surface area (Å²) in [4.78, 5) is 0.118. The summed E-state index contributed by atoms with van der Waals surface area (Å²) in [5.41, 5.74) is 1.99. The van der Waals surface area contributed by atoms with Crippen molar-refractivity contribution in [2.75, 3.05) is 5.32 Å². The molecule has 6 heteroatoms. The second-order valence-corrected chi connectivity index (χ2v) is 5.59. The molecular weight excluding hydrogens is 250 g/mol. The smallest absolute Gasteiger partial charge is 0.238 e. The summed E-state index contributed by atoms with van der Waals surface area (Å²) in [5.74, 6) is 0. The van der Waals surface area contributed by atoms with Crippen molar-refractivity contribution in [2.24, 2.45) is 12.2 Å². The van der Waals surface area contributed by atoms with Crippen molar-refractivity contribution in [2.45, 2.75) is 11.4 Å². The van der Waals surface area contributed by atoms with E-state index in [0.29, 0.717) is 6.54 Å². The Kier molecular flexibility index (Phi) is 3.40. The van der Waals surface area contributed by atoms with Gasteiger partial charge in [0.05, 0.1) is 11.4 Å². The van der Waals surface area contributed by atoms with Crippen LogP contribution in [-0.4, -0.2) is 13.0 Å². The molecule has 0 fully saturated rings. The van der Waals surface area contributed by atoms with Crippen LogP contribution in [0.2, 0.25) is 0 Å². The number of nitrogens with two attached hydrogens (primary N) is 1. The predicted molar refractivity (Wildman–Crippen MR) is 70.6 cm³/mol. The van der Waals surface area contributed by atoms with Crippen LogP contribution in [0.3, 0.4) is 0 Å². The second kappa shape index (κ2) is 4.83. The lowest BCUT2D eigenvalue weighted by atomic mass is 10.3. The molecule has 0 atom stereocenters. The zero-order valence-corrected chi connectivity index (χ0v) is 10.8. The Balaban J connectivity index is 2.05. The number of rotatable bonds is 4. The second-order valence-electron chi connectivity index (χ2n) is 4.03. The maximum Gasteiger partial charge on any atom is 0.238 e. The van der Waals surface area contributed by atoms with Gasteiger partial charge in [0.1, 0.15) is 0 Å².